The number of hydrogen-bond acceptors (Lipinski definition) is 1. The SMILES string of the molecule is C[C@@H](C(=O)Nc1ccc2ccccc2c1)[NH+](C)Cc1ccccc1. The molecule has 0 saturated heterocycles. The summed E-state index contributed by atoms with van der Waals surface area (Å²) in [5.41, 5.74) is 2.08. The van der Waals surface area contributed by atoms with Crippen molar-refractivity contribution >= 4 is 22.4 Å². The largest absolute Gasteiger partial charge is 0.324 e. The van der Waals surface area contributed by atoms with E-state index in [0.29, 0.717) is 0 Å². The van der Waals surface area contributed by atoms with Gasteiger partial charge in [-0.25, -0.2) is 0 Å². The highest BCUT2D eigenvalue weighted by Crippen LogP contribution is 2.18. The smallest absolute Gasteiger partial charge is 0.282 e. The van der Waals surface area contributed by atoms with Gasteiger partial charge in [0.15, 0.2) is 6.04 Å². The lowest BCUT2D eigenvalue weighted by Crippen LogP contribution is -3.12. The Kier molecular flexibility index (Phi) is 4.92. The maximum Gasteiger partial charge on any atom is 0.282 e. The van der Waals surface area contributed by atoms with Crippen LogP contribution in [0, 0.1) is 0 Å². The van der Waals surface area contributed by atoms with Gasteiger partial charge < -0.3 is 10.2 Å². The van der Waals surface area contributed by atoms with Crippen LogP contribution in [0.1, 0.15) is 12.5 Å². The van der Waals surface area contributed by atoms with Gasteiger partial charge in [-0.3, -0.25) is 4.79 Å². The summed E-state index contributed by atoms with van der Waals surface area (Å²) in [6.45, 7) is 2.79. The van der Waals surface area contributed by atoms with Crippen LogP contribution in [0.2, 0.25) is 0 Å². The van der Waals surface area contributed by atoms with Crippen molar-refractivity contribution in [2.45, 2.75) is 19.5 Å². The quantitative estimate of drug-likeness (QED) is 0.745. The van der Waals surface area contributed by atoms with Crippen LogP contribution in [-0.4, -0.2) is 19.0 Å². The standard InChI is InChI=1S/C21H22N2O/c1-16(23(2)15-17-8-4-3-5-9-17)21(24)22-20-13-12-18-10-6-7-11-19(18)14-20/h3-14,16H,15H2,1-2H3,(H,22,24)/p+1/t16-/m0/s1. The topological polar surface area (TPSA) is 33.5 Å². The summed E-state index contributed by atoms with van der Waals surface area (Å²) in [4.78, 5) is 13.7. The highest BCUT2D eigenvalue weighted by atomic mass is 16.2. The highest BCUT2D eigenvalue weighted by Gasteiger charge is 2.22. The highest BCUT2D eigenvalue weighted by molar-refractivity contribution is 5.96. The third kappa shape index (κ3) is 3.81. The number of amides is 1. The van der Waals surface area contributed by atoms with E-state index in [4.69, 9.17) is 0 Å². The summed E-state index contributed by atoms with van der Waals surface area (Å²) in [7, 11) is 2.05. The molecule has 3 nitrogen and oxygen atoms in total. The molecular formula is C21H23N2O+. The van der Waals surface area contributed by atoms with E-state index in [2.05, 4.69) is 36.6 Å². The lowest BCUT2D eigenvalue weighted by molar-refractivity contribution is -0.907. The Labute approximate surface area is 142 Å². The molecule has 3 aromatic carbocycles. The van der Waals surface area contributed by atoms with Crippen LogP contribution in [0.5, 0.6) is 0 Å². The van der Waals surface area contributed by atoms with Crippen molar-refractivity contribution in [3.8, 4) is 0 Å². The third-order valence-electron chi connectivity index (χ3n) is 4.48. The van der Waals surface area contributed by atoms with Crippen LogP contribution in [0.25, 0.3) is 10.8 Å². The zero-order valence-electron chi connectivity index (χ0n) is 14.1. The number of fused-ring (bicyclic) bond motifs is 1. The number of likely N-dealkylation sites (N-methyl/N-ethyl adjacent to an activating group) is 1. The maximum absolute atomic E-state index is 12.5. The van der Waals surface area contributed by atoms with Gasteiger partial charge in [0.25, 0.3) is 5.91 Å². The van der Waals surface area contributed by atoms with Crippen molar-refractivity contribution in [2.75, 3.05) is 12.4 Å². The molecule has 2 atom stereocenters. The lowest BCUT2D eigenvalue weighted by Gasteiger charge is -2.21. The Morgan fingerprint density at radius 1 is 0.958 bits per heavy atom. The average Bonchev–Trinajstić information content (AvgIpc) is 2.61. The molecule has 122 valence electrons. The minimum absolute atomic E-state index is 0.0405. The molecule has 0 aliphatic carbocycles. The zero-order chi connectivity index (χ0) is 16.9. The first-order chi connectivity index (χ1) is 11.6. The first-order valence-corrected chi connectivity index (χ1v) is 8.29. The second-order valence-corrected chi connectivity index (χ2v) is 6.28. The van der Waals surface area contributed by atoms with Crippen LogP contribution in [-0.2, 0) is 11.3 Å². The number of quaternary nitrogens is 1. The lowest BCUT2D eigenvalue weighted by atomic mass is 10.1. The van der Waals surface area contributed by atoms with Crippen molar-refractivity contribution < 1.29 is 9.69 Å². The third-order valence-corrected chi connectivity index (χ3v) is 4.48. The molecule has 0 fully saturated rings. The Morgan fingerprint density at radius 2 is 1.62 bits per heavy atom. The summed E-state index contributed by atoms with van der Waals surface area (Å²) >= 11 is 0. The van der Waals surface area contributed by atoms with Crippen molar-refractivity contribution in [3.63, 3.8) is 0 Å². The molecule has 0 spiro atoms. The molecule has 3 heteroatoms. The molecule has 1 unspecified atom stereocenters. The van der Waals surface area contributed by atoms with Crippen molar-refractivity contribution in [1.82, 2.24) is 0 Å². The Bertz CT molecular complexity index is 829. The van der Waals surface area contributed by atoms with E-state index >= 15 is 0 Å². The van der Waals surface area contributed by atoms with Gasteiger partial charge in [-0.1, -0.05) is 60.7 Å². The van der Waals surface area contributed by atoms with Crippen molar-refractivity contribution in [2.24, 2.45) is 0 Å². The monoisotopic (exact) mass is 319 g/mol. The number of carbonyl (C=O) groups excluding carboxylic acids is 1. The van der Waals surface area contributed by atoms with E-state index in [1.54, 1.807) is 0 Å². The summed E-state index contributed by atoms with van der Waals surface area (Å²) in [6, 6.07) is 24.3. The van der Waals surface area contributed by atoms with Gasteiger partial charge in [0.1, 0.15) is 6.54 Å². The van der Waals surface area contributed by atoms with Crippen LogP contribution >= 0.6 is 0 Å². The molecule has 1 amide bonds. The summed E-state index contributed by atoms with van der Waals surface area (Å²) in [5.74, 6) is 0.0405. The molecule has 0 aromatic heterocycles. The van der Waals surface area contributed by atoms with Gasteiger partial charge in [0.2, 0.25) is 0 Å². The van der Waals surface area contributed by atoms with E-state index in [0.717, 1.165) is 17.6 Å². The second-order valence-electron chi connectivity index (χ2n) is 6.28. The molecule has 0 bridgehead atoms. The van der Waals surface area contributed by atoms with Crippen LogP contribution in [0.3, 0.4) is 0 Å². The van der Waals surface area contributed by atoms with Crippen molar-refractivity contribution in [3.05, 3.63) is 78.4 Å². The number of anilines is 1. The summed E-state index contributed by atoms with van der Waals surface area (Å²) in [6.07, 6.45) is 0. The van der Waals surface area contributed by atoms with Gasteiger partial charge in [-0.2, -0.15) is 0 Å². The molecule has 3 rings (SSSR count). The summed E-state index contributed by atoms with van der Waals surface area (Å²) < 4.78 is 0. The molecule has 24 heavy (non-hydrogen) atoms. The molecule has 3 aromatic rings. The Morgan fingerprint density at radius 3 is 2.38 bits per heavy atom. The summed E-state index contributed by atoms with van der Waals surface area (Å²) in [5, 5.41) is 5.35. The molecule has 0 heterocycles. The average molecular weight is 319 g/mol. The van der Waals surface area contributed by atoms with Crippen molar-refractivity contribution in [1.29, 1.82) is 0 Å². The zero-order valence-corrected chi connectivity index (χ0v) is 14.1. The number of carbonyl (C=O) groups is 1. The van der Waals surface area contributed by atoms with Gasteiger partial charge >= 0.3 is 0 Å². The van der Waals surface area contributed by atoms with Gasteiger partial charge in [-0.05, 0) is 29.8 Å². The molecule has 2 N–H and O–H groups in total. The first kappa shape index (κ1) is 16.2. The number of nitrogens with one attached hydrogen (secondary N) is 2. The number of hydrogen-bond donors (Lipinski definition) is 2. The van der Waals surface area contributed by atoms with E-state index in [1.807, 2.05) is 55.5 Å². The number of rotatable bonds is 5. The maximum atomic E-state index is 12.5. The fraction of sp³-hybridized carbons (Fsp3) is 0.190. The van der Waals surface area contributed by atoms with E-state index < -0.39 is 0 Å². The van der Waals surface area contributed by atoms with E-state index in [9.17, 15) is 4.79 Å². The number of benzene rings is 3. The molecule has 0 radical (unpaired) electrons. The van der Waals surface area contributed by atoms with E-state index in [-0.39, 0.29) is 11.9 Å². The Hall–Kier alpha value is -2.65. The fourth-order valence-electron chi connectivity index (χ4n) is 2.81. The second kappa shape index (κ2) is 7.28. The minimum atomic E-state index is -0.128. The molecule has 0 aliphatic heterocycles. The van der Waals surface area contributed by atoms with Crippen LogP contribution < -0.4 is 10.2 Å². The predicted molar refractivity (Wildman–Crippen MR) is 99.1 cm³/mol. The predicted octanol–water partition coefficient (Wildman–Crippen LogP) is 2.88. The van der Waals surface area contributed by atoms with Crippen LogP contribution in [0.4, 0.5) is 5.69 Å². The molecular weight excluding hydrogens is 296 g/mol. The van der Waals surface area contributed by atoms with Gasteiger partial charge in [-0.15, -0.1) is 0 Å². The Balaban J connectivity index is 1.66. The fourth-order valence-corrected chi connectivity index (χ4v) is 2.81. The van der Waals surface area contributed by atoms with Gasteiger partial charge in [0, 0.05) is 11.3 Å². The molecule has 0 aliphatic rings. The molecule has 0 saturated carbocycles. The van der Waals surface area contributed by atoms with E-state index in [1.165, 1.54) is 15.8 Å². The first-order valence-electron chi connectivity index (χ1n) is 8.29. The van der Waals surface area contributed by atoms with Gasteiger partial charge in [0.05, 0.1) is 7.05 Å². The normalized spacial score (nSPS) is 13.4. The minimum Gasteiger partial charge on any atom is -0.324 e. The van der Waals surface area contributed by atoms with Crippen LogP contribution in [0.15, 0.2) is 72.8 Å².